The largest absolute Gasteiger partial charge is 0.496 e. The van der Waals surface area contributed by atoms with E-state index in [2.05, 4.69) is 19.6 Å². The molecule has 110 valence electrons. The van der Waals surface area contributed by atoms with Crippen molar-refractivity contribution in [1.29, 1.82) is 0 Å². The molecule has 0 aliphatic heterocycles. The highest BCUT2D eigenvalue weighted by molar-refractivity contribution is 5.86. The molecule has 3 nitrogen and oxygen atoms in total. The summed E-state index contributed by atoms with van der Waals surface area (Å²) in [5.41, 5.74) is 3.93. The van der Waals surface area contributed by atoms with Crippen molar-refractivity contribution in [2.45, 2.75) is 6.92 Å². The number of hydrogen-bond acceptors (Lipinski definition) is 3. The van der Waals surface area contributed by atoms with Gasteiger partial charge in [-0.2, -0.15) is 0 Å². The molecule has 0 unspecified atom stereocenters. The minimum absolute atomic E-state index is 0.680. The average molecular weight is 284 g/mol. The van der Waals surface area contributed by atoms with E-state index in [1.807, 2.05) is 30.3 Å². The molecule has 0 spiro atoms. The van der Waals surface area contributed by atoms with Crippen molar-refractivity contribution in [1.82, 2.24) is 0 Å². The molecule has 0 heterocycles. The van der Waals surface area contributed by atoms with E-state index in [1.165, 1.54) is 0 Å². The minimum Gasteiger partial charge on any atom is -0.496 e. The maximum atomic E-state index is 5.49. The Balaban J connectivity index is 2.62. The third-order valence-electron chi connectivity index (χ3n) is 3.49. The highest BCUT2D eigenvalue weighted by Crippen LogP contribution is 2.41. The lowest BCUT2D eigenvalue weighted by Crippen LogP contribution is -1.99. The van der Waals surface area contributed by atoms with E-state index in [0.29, 0.717) is 17.2 Å². The maximum Gasteiger partial charge on any atom is 0.134 e. The van der Waals surface area contributed by atoms with E-state index in [0.717, 1.165) is 22.3 Å². The van der Waals surface area contributed by atoms with Crippen molar-refractivity contribution in [3.05, 3.63) is 59.7 Å². The van der Waals surface area contributed by atoms with E-state index in [4.69, 9.17) is 14.2 Å². The zero-order valence-electron chi connectivity index (χ0n) is 12.9. The molecule has 0 amide bonds. The van der Waals surface area contributed by atoms with Crippen molar-refractivity contribution < 1.29 is 14.2 Å². The number of rotatable bonds is 5. The Hall–Kier alpha value is -2.42. The molecule has 0 aromatic heterocycles. The smallest absolute Gasteiger partial charge is 0.134 e. The number of methoxy groups -OCH3 is 3. The highest BCUT2D eigenvalue weighted by atomic mass is 16.5. The van der Waals surface area contributed by atoms with Gasteiger partial charge in [0.05, 0.1) is 26.9 Å². The molecule has 2 aromatic carbocycles. The van der Waals surface area contributed by atoms with Gasteiger partial charge in [-0.05, 0) is 23.6 Å². The fourth-order valence-corrected chi connectivity index (χ4v) is 2.35. The lowest BCUT2D eigenvalue weighted by atomic mass is 9.94. The van der Waals surface area contributed by atoms with Crippen LogP contribution in [0.15, 0.2) is 43.0 Å². The van der Waals surface area contributed by atoms with Gasteiger partial charge in [-0.1, -0.05) is 30.8 Å². The van der Waals surface area contributed by atoms with Crippen LogP contribution in [-0.4, -0.2) is 21.3 Å². The van der Waals surface area contributed by atoms with Gasteiger partial charge in [0.2, 0.25) is 0 Å². The summed E-state index contributed by atoms with van der Waals surface area (Å²) in [6.45, 7) is 6.29. The predicted molar refractivity (Wildman–Crippen MR) is 85.4 cm³/mol. The Kier molecular flexibility index (Phi) is 4.53. The molecule has 2 aromatic rings. The topological polar surface area (TPSA) is 27.7 Å². The van der Waals surface area contributed by atoms with Crippen LogP contribution >= 0.6 is 0 Å². The summed E-state index contributed by atoms with van der Waals surface area (Å²) < 4.78 is 16.3. The molecule has 0 fully saturated rings. The molecule has 3 heteroatoms. The molecule has 2 rings (SSSR count). The summed E-state index contributed by atoms with van der Waals surface area (Å²) in [5, 5.41) is 0. The minimum atomic E-state index is 0.680. The Labute approximate surface area is 125 Å². The zero-order chi connectivity index (χ0) is 15.4. The third-order valence-corrected chi connectivity index (χ3v) is 3.49. The van der Waals surface area contributed by atoms with Crippen LogP contribution in [0, 0.1) is 6.92 Å². The van der Waals surface area contributed by atoms with Gasteiger partial charge in [0.1, 0.15) is 17.2 Å². The van der Waals surface area contributed by atoms with Gasteiger partial charge in [-0.3, -0.25) is 0 Å². The van der Waals surface area contributed by atoms with Crippen molar-refractivity contribution in [2.24, 2.45) is 0 Å². The number of ether oxygens (including phenoxy) is 3. The van der Waals surface area contributed by atoms with Crippen LogP contribution in [0.3, 0.4) is 0 Å². The molecule has 0 saturated heterocycles. The first-order chi connectivity index (χ1) is 10.1. The van der Waals surface area contributed by atoms with Crippen molar-refractivity contribution in [2.75, 3.05) is 21.3 Å². The van der Waals surface area contributed by atoms with E-state index in [-0.39, 0.29) is 0 Å². The first-order valence-electron chi connectivity index (χ1n) is 6.67. The van der Waals surface area contributed by atoms with Crippen LogP contribution in [0.1, 0.15) is 16.7 Å². The van der Waals surface area contributed by atoms with E-state index in [9.17, 15) is 0 Å². The standard InChI is InChI=1S/C18H20O3/c1-12-8-6-7-9-15(12)13(2)18-16(20-4)10-14(19-3)11-17(18)21-5/h6-11H,2H2,1,3-5H3. The quantitative estimate of drug-likeness (QED) is 0.828. The number of hydrogen-bond donors (Lipinski definition) is 0. The number of benzene rings is 2. The Bertz CT molecular complexity index is 634. The molecular weight excluding hydrogens is 264 g/mol. The maximum absolute atomic E-state index is 5.49. The first-order valence-corrected chi connectivity index (χ1v) is 6.67. The fourth-order valence-electron chi connectivity index (χ4n) is 2.35. The third kappa shape index (κ3) is 2.87. The SMILES string of the molecule is C=C(c1ccccc1C)c1c(OC)cc(OC)cc1OC. The van der Waals surface area contributed by atoms with Crippen LogP contribution in [0.25, 0.3) is 5.57 Å². The molecule has 0 aliphatic rings. The molecule has 0 bridgehead atoms. The van der Waals surface area contributed by atoms with E-state index < -0.39 is 0 Å². The molecule has 0 saturated carbocycles. The normalized spacial score (nSPS) is 10.1. The zero-order valence-corrected chi connectivity index (χ0v) is 12.9. The molecule has 0 N–H and O–H groups in total. The Morgan fingerprint density at radius 2 is 1.48 bits per heavy atom. The monoisotopic (exact) mass is 284 g/mol. The van der Waals surface area contributed by atoms with Gasteiger partial charge < -0.3 is 14.2 Å². The highest BCUT2D eigenvalue weighted by Gasteiger charge is 2.18. The van der Waals surface area contributed by atoms with Gasteiger partial charge in [0.15, 0.2) is 0 Å². The summed E-state index contributed by atoms with van der Waals surface area (Å²) in [6, 6.07) is 11.8. The van der Waals surface area contributed by atoms with Crippen LogP contribution < -0.4 is 14.2 Å². The first kappa shape index (κ1) is 15.0. The van der Waals surface area contributed by atoms with Gasteiger partial charge in [-0.25, -0.2) is 0 Å². The van der Waals surface area contributed by atoms with Crippen LogP contribution in [0.5, 0.6) is 17.2 Å². The lowest BCUT2D eigenvalue weighted by molar-refractivity contribution is 0.374. The summed E-state index contributed by atoms with van der Waals surface area (Å²) in [5.74, 6) is 2.05. The van der Waals surface area contributed by atoms with E-state index >= 15 is 0 Å². The lowest BCUT2D eigenvalue weighted by Gasteiger charge is -2.18. The molecule has 0 atom stereocenters. The summed E-state index contributed by atoms with van der Waals surface area (Å²) in [6.07, 6.45) is 0. The van der Waals surface area contributed by atoms with Crippen molar-refractivity contribution >= 4 is 5.57 Å². The van der Waals surface area contributed by atoms with Gasteiger partial charge in [0, 0.05) is 12.1 Å². The van der Waals surface area contributed by atoms with Crippen LogP contribution in [0.4, 0.5) is 0 Å². The summed E-state index contributed by atoms with van der Waals surface area (Å²) in [7, 11) is 4.87. The molecular formula is C18H20O3. The fraction of sp³-hybridized carbons (Fsp3) is 0.222. The second-order valence-electron chi connectivity index (χ2n) is 4.70. The van der Waals surface area contributed by atoms with Crippen LogP contribution in [-0.2, 0) is 0 Å². The summed E-state index contributed by atoms with van der Waals surface area (Å²) >= 11 is 0. The van der Waals surface area contributed by atoms with Gasteiger partial charge in [0.25, 0.3) is 0 Å². The van der Waals surface area contributed by atoms with Crippen molar-refractivity contribution in [3.8, 4) is 17.2 Å². The second kappa shape index (κ2) is 6.35. The molecule has 0 radical (unpaired) electrons. The summed E-state index contributed by atoms with van der Waals surface area (Å²) in [4.78, 5) is 0. The Morgan fingerprint density at radius 3 is 1.95 bits per heavy atom. The molecule has 21 heavy (non-hydrogen) atoms. The van der Waals surface area contributed by atoms with Gasteiger partial charge >= 0.3 is 0 Å². The Morgan fingerprint density at radius 1 is 0.905 bits per heavy atom. The van der Waals surface area contributed by atoms with Gasteiger partial charge in [-0.15, -0.1) is 0 Å². The predicted octanol–water partition coefficient (Wildman–Crippen LogP) is 4.08. The van der Waals surface area contributed by atoms with Crippen molar-refractivity contribution in [3.63, 3.8) is 0 Å². The van der Waals surface area contributed by atoms with Crippen LogP contribution in [0.2, 0.25) is 0 Å². The van der Waals surface area contributed by atoms with E-state index in [1.54, 1.807) is 21.3 Å². The average Bonchev–Trinajstić information content (AvgIpc) is 2.53. The second-order valence-corrected chi connectivity index (χ2v) is 4.70. The molecule has 0 aliphatic carbocycles. The number of aryl methyl sites for hydroxylation is 1.